The molecule has 1 heterocycles. The van der Waals surface area contributed by atoms with Gasteiger partial charge in [0.2, 0.25) is 10.0 Å². The molecule has 5 nitrogen and oxygen atoms in total. The molecule has 0 spiro atoms. The number of benzene rings is 2. The van der Waals surface area contributed by atoms with Crippen molar-refractivity contribution in [1.29, 1.82) is 0 Å². The highest BCUT2D eigenvalue weighted by atomic mass is 35.5. The molecule has 4 rings (SSSR count). The van der Waals surface area contributed by atoms with E-state index in [1.165, 1.54) is 21.9 Å². The van der Waals surface area contributed by atoms with Crippen LogP contribution in [-0.2, 0) is 20.9 Å². The summed E-state index contributed by atoms with van der Waals surface area (Å²) in [5.74, 6) is 0.860. The Hall–Kier alpha value is -1.89. The standard InChI is InChI=1S/C28H37ClN2O3S/c1-5-31(6-2)35(32,33)18-8-17-34-23-13-14-25-24(19-23)26(30-20-27(25,3)4)28(15-7-16-28)21-9-11-22(29)12-10-21/h9-14,19H,5-8,15-18,20H2,1-4H3. The van der Waals surface area contributed by atoms with Gasteiger partial charge in [-0.25, -0.2) is 12.7 Å². The summed E-state index contributed by atoms with van der Waals surface area (Å²) in [6, 6.07) is 14.5. The predicted octanol–water partition coefficient (Wildman–Crippen LogP) is 5.98. The molecular weight excluding hydrogens is 480 g/mol. The van der Waals surface area contributed by atoms with Crippen molar-refractivity contribution >= 4 is 27.3 Å². The quantitative estimate of drug-likeness (QED) is 0.365. The molecule has 0 bridgehead atoms. The van der Waals surface area contributed by atoms with Crippen LogP contribution in [-0.4, -0.2) is 50.4 Å². The van der Waals surface area contributed by atoms with Crippen LogP contribution in [0.2, 0.25) is 5.02 Å². The summed E-state index contributed by atoms with van der Waals surface area (Å²) < 4.78 is 32.5. The first-order valence-corrected chi connectivity index (χ1v) is 14.7. The molecule has 0 radical (unpaired) electrons. The summed E-state index contributed by atoms with van der Waals surface area (Å²) >= 11 is 6.18. The van der Waals surface area contributed by atoms with E-state index in [-0.39, 0.29) is 16.6 Å². The highest BCUT2D eigenvalue weighted by molar-refractivity contribution is 7.89. The zero-order chi connectivity index (χ0) is 25.3. The van der Waals surface area contributed by atoms with E-state index in [4.69, 9.17) is 21.3 Å². The Morgan fingerprint density at radius 1 is 1.06 bits per heavy atom. The van der Waals surface area contributed by atoms with Crippen LogP contribution in [0.3, 0.4) is 0 Å². The molecule has 35 heavy (non-hydrogen) atoms. The molecule has 0 N–H and O–H groups in total. The maximum absolute atomic E-state index is 12.5. The second-order valence-corrected chi connectivity index (χ2v) is 12.8. The molecule has 2 aromatic rings. The van der Waals surface area contributed by atoms with Gasteiger partial charge in [0.15, 0.2) is 0 Å². The van der Waals surface area contributed by atoms with Crippen molar-refractivity contribution in [3.63, 3.8) is 0 Å². The molecular formula is C28H37ClN2O3S. The van der Waals surface area contributed by atoms with E-state index in [2.05, 4.69) is 38.1 Å². The SMILES string of the molecule is CCN(CC)S(=O)(=O)CCCOc1ccc2c(c1)C(C1(c3ccc(Cl)cc3)CCC1)=NCC2(C)C. The fraction of sp³-hybridized carbons (Fsp3) is 0.536. The summed E-state index contributed by atoms with van der Waals surface area (Å²) in [7, 11) is -3.24. The van der Waals surface area contributed by atoms with Crippen LogP contribution >= 0.6 is 11.6 Å². The summed E-state index contributed by atoms with van der Waals surface area (Å²) in [6.07, 6.45) is 3.78. The third-order valence-corrected chi connectivity index (χ3v) is 9.94. The Labute approximate surface area is 215 Å². The number of nitrogens with zero attached hydrogens (tertiary/aromatic N) is 2. The van der Waals surface area contributed by atoms with E-state index in [9.17, 15) is 8.42 Å². The van der Waals surface area contributed by atoms with Crippen molar-refractivity contribution in [2.24, 2.45) is 4.99 Å². The number of hydrogen-bond donors (Lipinski definition) is 0. The van der Waals surface area contributed by atoms with Crippen molar-refractivity contribution in [2.75, 3.05) is 32.0 Å². The Morgan fingerprint density at radius 3 is 2.34 bits per heavy atom. The highest BCUT2D eigenvalue weighted by Gasteiger charge is 2.46. The second-order valence-electron chi connectivity index (χ2n) is 10.3. The molecule has 1 saturated carbocycles. The fourth-order valence-corrected chi connectivity index (χ4v) is 7.05. The van der Waals surface area contributed by atoms with Gasteiger partial charge in [0.05, 0.1) is 18.1 Å². The van der Waals surface area contributed by atoms with Gasteiger partial charge in [-0.3, -0.25) is 4.99 Å². The molecule has 1 aliphatic carbocycles. The Morgan fingerprint density at radius 2 is 1.74 bits per heavy atom. The largest absolute Gasteiger partial charge is 0.494 e. The molecule has 0 amide bonds. The second kappa shape index (κ2) is 10.2. The monoisotopic (exact) mass is 516 g/mol. The van der Waals surface area contributed by atoms with Crippen molar-refractivity contribution in [3.05, 3.63) is 64.2 Å². The first-order valence-electron chi connectivity index (χ1n) is 12.7. The fourth-order valence-electron chi connectivity index (χ4n) is 5.39. The molecule has 0 aromatic heterocycles. The first-order chi connectivity index (χ1) is 16.6. The van der Waals surface area contributed by atoms with Gasteiger partial charge in [-0.15, -0.1) is 0 Å². The molecule has 190 valence electrons. The number of halogens is 1. The van der Waals surface area contributed by atoms with Crippen LogP contribution in [0, 0.1) is 0 Å². The third kappa shape index (κ3) is 5.16. The van der Waals surface area contributed by atoms with E-state index >= 15 is 0 Å². The number of hydrogen-bond acceptors (Lipinski definition) is 4. The van der Waals surface area contributed by atoms with Crippen LogP contribution in [0.15, 0.2) is 47.5 Å². The Bertz CT molecular complexity index is 1180. The molecule has 7 heteroatoms. The number of sulfonamides is 1. The van der Waals surface area contributed by atoms with Crippen LogP contribution in [0.5, 0.6) is 5.75 Å². The van der Waals surface area contributed by atoms with Crippen molar-refractivity contribution < 1.29 is 13.2 Å². The smallest absolute Gasteiger partial charge is 0.214 e. The van der Waals surface area contributed by atoms with Gasteiger partial charge in [-0.2, -0.15) is 0 Å². The molecule has 2 aromatic carbocycles. The minimum absolute atomic E-state index is 0.0554. The average Bonchev–Trinajstić information content (AvgIpc) is 2.79. The number of aliphatic imine (C=N–C) groups is 1. The van der Waals surface area contributed by atoms with Crippen molar-refractivity contribution in [3.8, 4) is 5.75 Å². The lowest BCUT2D eigenvalue weighted by molar-refractivity contribution is 0.315. The lowest BCUT2D eigenvalue weighted by Gasteiger charge is -2.46. The van der Waals surface area contributed by atoms with Crippen molar-refractivity contribution in [2.45, 2.75) is 64.2 Å². The minimum Gasteiger partial charge on any atom is -0.494 e. The number of fused-ring (bicyclic) bond motifs is 1. The molecule has 1 fully saturated rings. The van der Waals surface area contributed by atoms with E-state index in [0.717, 1.165) is 41.4 Å². The van der Waals surface area contributed by atoms with Crippen LogP contribution < -0.4 is 4.74 Å². The number of ether oxygens (including phenoxy) is 1. The van der Waals surface area contributed by atoms with E-state index in [0.29, 0.717) is 26.1 Å². The zero-order valence-electron chi connectivity index (χ0n) is 21.3. The Balaban J connectivity index is 1.56. The molecule has 0 atom stereocenters. The summed E-state index contributed by atoms with van der Waals surface area (Å²) in [6.45, 7) is 10.3. The van der Waals surface area contributed by atoms with Crippen LogP contribution in [0.25, 0.3) is 0 Å². The summed E-state index contributed by atoms with van der Waals surface area (Å²) in [4.78, 5) is 5.17. The Kier molecular flexibility index (Phi) is 7.65. The van der Waals surface area contributed by atoms with Crippen molar-refractivity contribution in [1.82, 2.24) is 4.31 Å². The first kappa shape index (κ1) is 26.2. The molecule has 2 aliphatic rings. The van der Waals surface area contributed by atoms with Gasteiger partial charge in [0.25, 0.3) is 0 Å². The predicted molar refractivity (Wildman–Crippen MR) is 145 cm³/mol. The van der Waals surface area contributed by atoms with Crippen LogP contribution in [0.1, 0.15) is 70.1 Å². The summed E-state index contributed by atoms with van der Waals surface area (Å²) in [5.41, 5.74) is 4.72. The van der Waals surface area contributed by atoms with E-state index in [1.807, 2.05) is 32.0 Å². The lowest BCUT2D eigenvalue weighted by atomic mass is 9.58. The molecule has 0 saturated heterocycles. The maximum Gasteiger partial charge on any atom is 0.214 e. The highest BCUT2D eigenvalue weighted by Crippen LogP contribution is 2.49. The van der Waals surface area contributed by atoms with Gasteiger partial charge >= 0.3 is 0 Å². The molecule has 0 unspecified atom stereocenters. The van der Waals surface area contributed by atoms with Gasteiger partial charge < -0.3 is 4.74 Å². The normalized spacial score (nSPS) is 18.5. The summed E-state index contributed by atoms with van der Waals surface area (Å²) in [5, 5.41) is 0.744. The third-order valence-electron chi connectivity index (χ3n) is 7.58. The zero-order valence-corrected chi connectivity index (χ0v) is 22.9. The topological polar surface area (TPSA) is 59.0 Å². The van der Waals surface area contributed by atoms with Gasteiger partial charge in [-0.05, 0) is 54.7 Å². The average molecular weight is 517 g/mol. The number of rotatable bonds is 10. The van der Waals surface area contributed by atoms with Crippen LogP contribution in [0.4, 0.5) is 0 Å². The lowest BCUT2D eigenvalue weighted by Crippen LogP contribution is -2.46. The van der Waals surface area contributed by atoms with E-state index in [1.54, 1.807) is 0 Å². The van der Waals surface area contributed by atoms with Gasteiger partial charge in [0.1, 0.15) is 5.75 Å². The van der Waals surface area contributed by atoms with Gasteiger partial charge in [-0.1, -0.05) is 63.9 Å². The maximum atomic E-state index is 12.5. The minimum atomic E-state index is -3.24. The van der Waals surface area contributed by atoms with E-state index < -0.39 is 10.0 Å². The molecule has 1 aliphatic heterocycles. The van der Waals surface area contributed by atoms with Gasteiger partial charge in [0, 0.05) is 41.1 Å².